The lowest BCUT2D eigenvalue weighted by atomic mass is 9.93. The van der Waals surface area contributed by atoms with Gasteiger partial charge in [-0.05, 0) is 56.5 Å². The molecule has 1 aromatic carbocycles. The number of aryl methyl sites for hydroxylation is 2. The van der Waals surface area contributed by atoms with E-state index in [4.69, 9.17) is 4.42 Å². The van der Waals surface area contributed by atoms with Crippen LogP contribution in [-0.4, -0.2) is 21.5 Å². The first-order valence-electron chi connectivity index (χ1n) is 9.86. The highest BCUT2D eigenvalue weighted by Gasteiger charge is 2.28. The maximum Gasteiger partial charge on any atom is 0.292 e. The number of nitrogens with zero attached hydrogens (tertiary/aromatic N) is 3. The van der Waals surface area contributed by atoms with Gasteiger partial charge in [0, 0.05) is 35.9 Å². The van der Waals surface area contributed by atoms with Crippen molar-refractivity contribution < 1.29 is 14.1 Å². The van der Waals surface area contributed by atoms with E-state index in [-0.39, 0.29) is 17.4 Å². The van der Waals surface area contributed by atoms with Crippen LogP contribution < -0.4 is 10.7 Å². The highest BCUT2D eigenvalue weighted by atomic mass is 16.6. The average molecular weight is 419 g/mol. The molecule has 0 radical (unpaired) electrons. The molecule has 0 aliphatic heterocycles. The van der Waals surface area contributed by atoms with Crippen LogP contribution in [-0.2, 0) is 6.42 Å². The zero-order valence-electron chi connectivity index (χ0n) is 17.1. The van der Waals surface area contributed by atoms with Gasteiger partial charge in [-0.15, -0.1) is 0 Å². The van der Waals surface area contributed by atoms with Crippen LogP contribution in [0.3, 0.4) is 0 Å². The van der Waals surface area contributed by atoms with Crippen molar-refractivity contribution in [3.63, 3.8) is 0 Å². The van der Waals surface area contributed by atoms with Crippen molar-refractivity contribution in [3.05, 3.63) is 80.9 Å². The third kappa shape index (κ3) is 4.30. The van der Waals surface area contributed by atoms with Gasteiger partial charge in [0.15, 0.2) is 5.76 Å². The number of fused-ring (bicyclic) bond motifs is 1. The molecule has 1 aliphatic carbocycles. The minimum absolute atomic E-state index is 0.0163. The summed E-state index contributed by atoms with van der Waals surface area (Å²) in [6.45, 7) is 3.77. The Morgan fingerprint density at radius 3 is 2.68 bits per heavy atom. The summed E-state index contributed by atoms with van der Waals surface area (Å²) in [6, 6.07) is 9.67. The number of hydrogen-bond acceptors (Lipinski definition) is 7. The maximum atomic E-state index is 12.8. The Bertz CT molecular complexity index is 1180. The zero-order chi connectivity index (χ0) is 22.0. The van der Waals surface area contributed by atoms with E-state index in [1.807, 2.05) is 19.9 Å². The highest BCUT2D eigenvalue weighted by Crippen LogP contribution is 2.30. The molecule has 9 heteroatoms. The summed E-state index contributed by atoms with van der Waals surface area (Å²) in [4.78, 5) is 27.3. The summed E-state index contributed by atoms with van der Waals surface area (Å²) >= 11 is 0. The van der Waals surface area contributed by atoms with Crippen molar-refractivity contribution in [2.75, 3.05) is 10.7 Å². The number of aromatic nitrogens is 1. The van der Waals surface area contributed by atoms with Crippen LogP contribution in [0.4, 0.5) is 17.2 Å². The maximum absolute atomic E-state index is 12.8. The summed E-state index contributed by atoms with van der Waals surface area (Å²) in [5.74, 6) is 1.09. The first kappa shape index (κ1) is 20.3. The molecular weight excluding hydrogens is 398 g/mol. The van der Waals surface area contributed by atoms with E-state index in [1.165, 1.54) is 12.1 Å². The Balaban J connectivity index is 1.57. The minimum Gasteiger partial charge on any atom is -0.455 e. The molecule has 0 fully saturated rings. The Labute approximate surface area is 178 Å². The van der Waals surface area contributed by atoms with Gasteiger partial charge in [-0.3, -0.25) is 20.3 Å². The van der Waals surface area contributed by atoms with E-state index in [2.05, 4.69) is 20.8 Å². The number of amides is 1. The van der Waals surface area contributed by atoms with Gasteiger partial charge in [0.2, 0.25) is 0 Å². The molecule has 31 heavy (non-hydrogen) atoms. The van der Waals surface area contributed by atoms with Gasteiger partial charge in [0.1, 0.15) is 11.6 Å². The Morgan fingerprint density at radius 2 is 1.97 bits per heavy atom. The summed E-state index contributed by atoms with van der Waals surface area (Å²) in [5, 5.41) is 18.1. The SMILES string of the molecule is Cc1ccnc(NC(=O)c2oc3c(c2C)/C(=N/Nc2ccc([N+](=O)[O-])cc2)CCC3)c1. The number of hydrogen-bond donors (Lipinski definition) is 2. The molecule has 2 N–H and O–H groups in total. The standard InChI is InChI=1S/C22H21N5O4/c1-13-10-11-23-19(12-13)24-22(28)21-14(2)20-17(4-3-5-18(20)31-21)26-25-15-6-8-16(9-7-15)27(29)30/h6-12,25H,3-5H2,1-2H3,(H,23,24,28)/b26-17+. The lowest BCUT2D eigenvalue weighted by Gasteiger charge is -2.13. The Hall–Kier alpha value is -4.01. The molecule has 0 atom stereocenters. The number of nitrogens with one attached hydrogen (secondary N) is 2. The molecule has 0 unspecified atom stereocenters. The largest absolute Gasteiger partial charge is 0.455 e. The second kappa shape index (κ2) is 8.39. The molecule has 0 saturated carbocycles. The van der Waals surface area contributed by atoms with Crippen molar-refractivity contribution in [2.45, 2.75) is 33.1 Å². The Morgan fingerprint density at radius 1 is 1.19 bits per heavy atom. The third-order valence-electron chi connectivity index (χ3n) is 5.09. The van der Waals surface area contributed by atoms with E-state index in [0.717, 1.165) is 47.4 Å². The van der Waals surface area contributed by atoms with Gasteiger partial charge < -0.3 is 9.73 Å². The molecule has 2 heterocycles. The van der Waals surface area contributed by atoms with E-state index < -0.39 is 4.92 Å². The fraction of sp³-hybridized carbons (Fsp3) is 0.227. The second-order valence-corrected chi connectivity index (χ2v) is 7.35. The van der Waals surface area contributed by atoms with Crippen LogP contribution in [0.5, 0.6) is 0 Å². The van der Waals surface area contributed by atoms with Crippen LogP contribution in [0.25, 0.3) is 0 Å². The summed E-state index contributed by atoms with van der Waals surface area (Å²) < 4.78 is 5.90. The first-order chi connectivity index (χ1) is 14.9. The molecule has 0 saturated heterocycles. The number of pyridine rings is 1. The number of carbonyl (C=O) groups excluding carboxylic acids is 1. The van der Waals surface area contributed by atoms with Gasteiger partial charge in [0.05, 0.1) is 16.3 Å². The first-order valence-corrected chi connectivity index (χ1v) is 9.86. The number of carbonyl (C=O) groups is 1. The van der Waals surface area contributed by atoms with Gasteiger partial charge in [-0.2, -0.15) is 5.10 Å². The molecule has 1 amide bonds. The lowest BCUT2D eigenvalue weighted by molar-refractivity contribution is -0.384. The normalized spacial score (nSPS) is 14.2. The van der Waals surface area contributed by atoms with Gasteiger partial charge in [-0.25, -0.2) is 4.98 Å². The molecule has 1 aliphatic rings. The van der Waals surface area contributed by atoms with Crippen LogP contribution in [0.1, 0.15) is 45.8 Å². The molecule has 0 spiro atoms. The van der Waals surface area contributed by atoms with Crippen molar-refractivity contribution in [2.24, 2.45) is 5.10 Å². The lowest BCUT2D eigenvalue weighted by Crippen LogP contribution is -2.15. The second-order valence-electron chi connectivity index (χ2n) is 7.35. The number of rotatable bonds is 5. The van der Waals surface area contributed by atoms with Crippen LogP contribution in [0, 0.1) is 24.0 Å². The number of benzene rings is 1. The fourth-order valence-corrected chi connectivity index (χ4v) is 3.56. The van der Waals surface area contributed by atoms with Crippen LogP contribution in [0.15, 0.2) is 52.1 Å². The number of non-ortho nitro benzene ring substituents is 1. The number of anilines is 2. The van der Waals surface area contributed by atoms with E-state index in [0.29, 0.717) is 11.5 Å². The molecule has 3 aromatic rings. The van der Waals surface area contributed by atoms with Crippen molar-refractivity contribution >= 4 is 28.8 Å². The highest BCUT2D eigenvalue weighted by molar-refractivity contribution is 6.09. The summed E-state index contributed by atoms with van der Waals surface area (Å²) in [5.41, 5.74) is 6.94. The number of furan rings is 1. The van der Waals surface area contributed by atoms with E-state index >= 15 is 0 Å². The van der Waals surface area contributed by atoms with Crippen molar-refractivity contribution in [3.8, 4) is 0 Å². The average Bonchev–Trinajstić information content (AvgIpc) is 3.10. The van der Waals surface area contributed by atoms with E-state index in [9.17, 15) is 14.9 Å². The molecule has 2 aromatic heterocycles. The summed E-state index contributed by atoms with van der Waals surface area (Å²) in [6.07, 6.45) is 3.94. The number of hydrazone groups is 1. The van der Waals surface area contributed by atoms with Gasteiger partial charge in [0.25, 0.3) is 11.6 Å². The fourth-order valence-electron chi connectivity index (χ4n) is 3.56. The Kier molecular flexibility index (Phi) is 5.48. The predicted molar refractivity (Wildman–Crippen MR) is 117 cm³/mol. The topological polar surface area (TPSA) is 123 Å². The molecule has 0 bridgehead atoms. The summed E-state index contributed by atoms with van der Waals surface area (Å²) in [7, 11) is 0. The van der Waals surface area contributed by atoms with Crippen LogP contribution >= 0.6 is 0 Å². The number of nitro benzene ring substituents is 1. The van der Waals surface area contributed by atoms with Gasteiger partial charge >= 0.3 is 0 Å². The molecule has 158 valence electrons. The van der Waals surface area contributed by atoms with Gasteiger partial charge in [-0.1, -0.05) is 0 Å². The molecule has 4 rings (SSSR count). The number of nitro groups is 1. The monoisotopic (exact) mass is 419 g/mol. The predicted octanol–water partition coefficient (Wildman–Crippen LogP) is 4.60. The third-order valence-corrected chi connectivity index (χ3v) is 5.09. The van der Waals surface area contributed by atoms with Crippen molar-refractivity contribution in [1.82, 2.24) is 4.98 Å². The quantitative estimate of drug-likeness (QED) is 0.460. The van der Waals surface area contributed by atoms with Crippen LogP contribution in [0.2, 0.25) is 0 Å². The minimum atomic E-state index is -0.448. The zero-order valence-corrected chi connectivity index (χ0v) is 17.1. The van der Waals surface area contributed by atoms with Crippen molar-refractivity contribution in [1.29, 1.82) is 0 Å². The smallest absolute Gasteiger partial charge is 0.292 e. The van der Waals surface area contributed by atoms with E-state index in [1.54, 1.807) is 24.4 Å². The molecule has 9 nitrogen and oxygen atoms in total. The molecular formula is C22H21N5O4.